The van der Waals surface area contributed by atoms with Crippen molar-refractivity contribution in [1.82, 2.24) is 0 Å². The van der Waals surface area contributed by atoms with Crippen LogP contribution in [0.5, 0.6) is 0 Å². The van der Waals surface area contributed by atoms with Crippen LogP contribution in [0.15, 0.2) is 36.4 Å². The zero-order chi connectivity index (χ0) is 11.6. The van der Waals surface area contributed by atoms with Crippen LogP contribution in [0.25, 0.3) is 27.6 Å². The molecule has 0 heteroatoms. The minimum atomic E-state index is 0.557. The van der Waals surface area contributed by atoms with E-state index < -0.39 is 0 Å². The van der Waals surface area contributed by atoms with E-state index in [2.05, 4.69) is 56.3 Å². The normalized spacial score (nSPS) is 17.9. The molecule has 1 aliphatic rings. The quantitative estimate of drug-likeness (QED) is 0.536. The first-order valence-corrected chi connectivity index (χ1v) is 6.21. The molecule has 1 aliphatic carbocycles. The van der Waals surface area contributed by atoms with E-state index in [1.54, 1.807) is 0 Å². The maximum Gasteiger partial charge on any atom is 0.000515 e. The van der Waals surface area contributed by atoms with Crippen LogP contribution in [0.1, 0.15) is 24.0 Å². The fourth-order valence-electron chi connectivity index (χ4n) is 3.25. The molecule has 0 spiro atoms. The van der Waals surface area contributed by atoms with E-state index in [4.69, 9.17) is 0 Å². The van der Waals surface area contributed by atoms with Gasteiger partial charge in [0.15, 0.2) is 0 Å². The van der Waals surface area contributed by atoms with Gasteiger partial charge in [-0.1, -0.05) is 49.4 Å². The van der Waals surface area contributed by atoms with Gasteiger partial charge in [-0.25, -0.2) is 0 Å². The van der Waals surface area contributed by atoms with Crippen molar-refractivity contribution >= 4 is 27.6 Å². The Kier molecular flexibility index (Phi) is 1.57. The molecule has 1 unspecified atom stereocenters. The maximum atomic E-state index is 2.38. The first kappa shape index (κ1) is 9.23. The average molecular weight is 218 g/mol. The van der Waals surface area contributed by atoms with Gasteiger partial charge >= 0.3 is 0 Å². The molecule has 0 amide bonds. The third-order valence-electron chi connectivity index (χ3n) is 3.98. The minimum Gasteiger partial charge on any atom is -0.0694 e. The van der Waals surface area contributed by atoms with Gasteiger partial charge in [0.05, 0.1) is 0 Å². The zero-order valence-corrected chi connectivity index (χ0v) is 10.1. The molecule has 17 heavy (non-hydrogen) atoms. The van der Waals surface area contributed by atoms with E-state index >= 15 is 0 Å². The van der Waals surface area contributed by atoms with Crippen LogP contribution in [0.2, 0.25) is 0 Å². The molecule has 0 heterocycles. The lowest BCUT2D eigenvalue weighted by Gasteiger charge is -2.10. The molecule has 0 N–H and O–H groups in total. The second-order valence-corrected chi connectivity index (χ2v) is 5.23. The second-order valence-electron chi connectivity index (χ2n) is 5.23. The van der Waals surface area contributed by atoms with Crippen molar-refractivity contribution in [3.63, 3.8) is 0 Å². The van der Waals surface area contributed by atoms with Gasteiger partial charge in [0, 0.05) is 5.92 Å². The lowest BCUT2D eigenvalue weighted by Crippen LogP contribution is -1.98. The molecule has 0 aromatic heterocycles. The fraction of sp³-hybridized carbons (Fsp3) is 0.176. The lowest BCUT2D eigenvalue weighted by atomic mass is 9.94. The molecule has 0 radical (unpaired) electrons. The van der Waals surface area contributed by atoms with Crippen LogP contribution in [0.3, 0.4) is 0 Å². The van der Waals surface area contributed by atoms with Crippen molar-refractivity contribution in [2.45, 2.75) is 19.8 Å². The molecule has 4 rings (SSSR count). The molecular formula is C17H14. The van der Waals surface area contributed by atoms with Crippen molar-refractivity contribution in [2.75, 3.05) is 0 Å². The Labute approximate surface area is 101 Å². The van der Waals surface area contributed by atoms with Crippen LogP contribution in [-0.2, 0) is 0 Å². The van der Waals surface area contributed by atoms with E-state index in [1.807, 2.05) is 0 Å². The van der Waals surface area contributed by atoms with Crippen LogP contribution in [0.4, 0.5) is 0 Å². The summed E-state index contributed by atoms with van der Waals surface area (Å²) in [6, 6.07) is 13.7. The molecule has 3 aromatic rings. The van der Waals surface area contributed by atoms with Gasteiger partial charge in [-0.3, -0.25) is 0 Å². The average Bonchev–Trinajstić information content (AvgIpc) is 2.63. The molecule has 0 fully saturated rings. The van der Waals surface area contributed by atoms with Crippen LogP contribution in [0, 0.1) is 6.92 Å². The molecule has 3 aromatic carbocycles. The highest BCUT2D eigenvalue weighted by molar-refractivity contribution is 6.13. The highest BCUT2D eigenvalue weighted by Crippen LogP contribution is 2.34. The molecule has 82 valence electrons. The maximum absolute atomic E-state index is 2.38. The molecular weight excluding hydrogens is 204 g/mol. The Hall–Kier alpha value is -1.82. The second kappa shape index (κ2) is 2.89. The highest BCUT2D eigenvalue weighted by atomic mass is 14.2. The number of rotatable bonds is 0. The van der Waals surface area contributed by atoms with Gasteiger partial charge in [-0.05, 0) is 44.8 Å². The van der Waals surface area contributed by atoms with E-state index in [1.165, 1.54) is 37.9 Å². The first-order valence-electron chi connectivity index (χ1n) is 6.21. The molecule has 1 atom stereocenters. The standard InChI is InChI=1S/C17H14/c1-10-7-12-3-4-14-9-11(2)15-6-5-13(8-10)16(12)17(14)15/h3-9,11H,1-2H3. The monoisotopic (exact) mass is 218 g/mol. The van der Waals surface area contributed by atoms with Crippen molar-refractivity contribution in [1.29, 1.82) is 0 Å². The minimum absolute atomic E-state index is 0.557. The predicted octanol–water partition coefficient (Wildman–Crippen LogP) is 3.92. The lowest BCUT2D eigenvalue weighted by molar-refractivity contribution is 1.05. The summed E-state index contributed by atoms with van der Waals surface area (Å²) in [5, 5.41) is 7.10. The summed E-state index contributed by atoms with van der Waals surface area (Å²) in [5.74, 6) is 0.557. The largest absolute Gasteiger partial charge is 0.0694 e. The number of benzene rings is 3. The predicted molar refractivity (Wildman–Crippen MR) is 74.3 cm³/mol. The van der Waals surface area contributed by atoms with Gasteiger partial charge < -0.3 is 0 Å². The Morgan fingerprint density at radius 1 is 0.882 bits per heavy atom. The summed E-state index contributed by atoms with van der Waals surface area (Å²) < 4.78 is 0. The number of hydrogen-bond acceptors (Lipinski definition) is 0. The van der Waals surface area contributed by atoms with Crippen LogP contribution < -0.4 is 5.22 Å². The Morgan fingerprint density at radius 3 is 2.35 bits per heavy atom. The van der Waals surface area contributed by atoms with Gasteiger partial charge in [0.2, 0.25) is 0 Å². The van der Waals surface area contributed by atoms with E-state index in [-0.39, 0.29) is 0 Å². The van der Waals surface area contributed by atoms with Gasteiger partial charge in [-0.15, -0.1) is 0 Å². The summed E-state index contributed by atoms with van der Waals surface area (Å²) >= 11 is 0. The molecule has 0 saturated carbocycles. The number of hydrogen-bond donors (Lipinski definition) is 0. The molecule has 0 saturated heterocycles. The van der Waals surface area contributed by atoms with Crippen molar-refractivity contribution < 1.29 is 0 Å². The summed E-state index contributed by atoms with van der Waals surface area (Å²) in [6.45, 7) is 4.45. The Balaban J connectivity index is 2.39. The first-order chi connectivity index (χ1) is 8.24. The highest BCUT2D eigenvalue weighted by Gasteiger charge is 2.16. The van der Waals surface area contributed by atoms with Crippen molar-refractivity contribution in [2.24, 2.45) is 0 Å². The zero-order valence-electron chi connectivity index (χ0n) is 10.1. The summed E-state index contributed by atoms with van der Waals surface area (Å²) in [6.07, 6.45) is 2.38. The number of aryl methyl sites for hydroxylation is 1. The van der Waals surface area contributed by atoms with E-state index in [0.717, 1.165) is 0 Å². The third-order valence-corrected chi connectivity index (χ3v) is 3.98. The molecule has 0 aliphatic heterocycles. The summed E-state index contributed by atoms with van der Waals surface area (Å²) in [4.78, 5) is 0. The Morgan fingerprint density at radius 2 is 1.59 bits per heavy atom. The van der Waals surface area contributed by atoms with Gasteiger partial charge in [-0.2, -0.15) is 0 Å². The van der Waals surface area contributed by atoms with E-state index in [9.17, 15) is 0 Å². The van der Waals surface area contributed by atoms with Gasteiger partial charge in [0.1, 0.15) is 0 Å². The van der Waals surface area contributed by atoms with Gasteiger partial charge in [0.25, 0.3) is 0 Å². The third kappa shape index (κ3) is 1.08. The smallest absolute Gasteiger partial charge is 0.000515 e. The molecule has 0 bridgehead atoms. The Bertz CT molecular complexity index is 790. The summed E-state index contributed by atoms with van der Waals surface area (Å²) in [7, 11) is 0. The van der Waals surface area contributed by atoms with Crippen molar-refractivity contribution in [3.05, 3.63) is 52.7 Å². The van der Waals surface area contributed by atoms with Crippen LogP contribution in [-0.4, -0.2) is 0 Å². The van der Waals surface area contributed by atoms with Crippen molar-refractivity contribution in [3.8, 4) is 0 Å². The topological polar surface area (TPSA) is 0 Å². The fourth-order valence-corrected chi connectivity index (χ4v) is 3.25. The van der Waals surface area contributed by atoms with E-state index in [0.29, 0.717) is 5.92 Å². The van der Waals surface area contributed by atoms with Crippen LogP contribution >= 0.6 is 0 Å². The SMILES string of the molecule is Cc1cc2ccc3c4c(ccc(c1)c24)=CC3C. The summed E-state index contributed by atoms with van der Waals surface area (Å²) in [5.41, 5.74) is 2.83. The molecule has 0 nitrogen and oxygen atoms in total.